The Hall–Kier alpha value is -6.73. The van der Waals surface area contributed by atoms with E-state index in [0.29, 0.717) is 5.75 Å². The number of carbonyl (C=O) groups is 4. The average Bonchev–Trinajstić information content (AvgIpc) is 3.37. The first-order valence-corrected chi connectivity index (χ1v) is 16.9. The van der Waals surface area contributed by atoms with Gasteiger partial charge in [-0.1, -0.05) is 42.5 Å². The molecule has 13 heteroatoms. The molecule has 0 fully saturated rings. The normalized spacial score (nSPS) is 12.4. The highest BCUT2D eigenvalue weighted by atomic mass is 19.1. The maximum absolute atomic E-state index is 14.5. The second-order valence-corrected chi connectivity index (χ2v) is 12.9. The molecule has 1 heterocycles. The van der Waals surface area contributed by atoms with Crippen molar-refractivity contribution >= 4 is 23.8 Å². The standard InChI is InChI=1S/C42H39FN2O10/c1-42(2,3)55-41(49)45-21-9-12-37(34(24-45)44-39(47)33-22-30(43)17-19-36(33)52-25-27-10-7-6-8-11-27)54-40(48)29-15-13-28(14-16-29)38(46)32-23-31(51-5)18-20-35(32)53-26-50-4/h6-24H,25-26H2,1-5H3,(H,44,47). The molecule has 1 aliphatic heterocycles. The highest BCUT2D eigenvalue weighted by Gasteiger charge is 2.26. The molecule has 0 aromatic heterocycles. The Labute approximate surface area is 317 Å². The van der Waals surface area contributed by atoms with Crippen molar-refractivity contribution in [1.29, 1.82) is 0 Å². The largest absolute Gasteiger partial charge is 0.497 e. The number of esters is 1. The molecule has 0 atom stereocenters. The van der Waals surface area contributed by atoms with Crippen LogP contribution in [-0.4, -0.2) is 55.3 Å². The van der Waals surface area contributed by atoms with Crippen LogP contribution >= 0.6 is 0 Å². The van der Waals surface area contributed by atoms with Crippen LogP contribution in [0.3, 0.4) is 0 Å². The van der Waals surface area contributed by atoms with Crippen molar-refractivity contribution < 1.29 is 52.0 Å². The van der Waals surface area contributed by atoms with Crippen LogP contribution in [0.15, 0.2) is 127 Å². The molecule has 1 N–H and O–H groups in total. The number of ether oxygens (including phenoxy) is 6. The lowest BCUT2D eigenvalue weighted by molar-refractivity contribution is 0.0397. The van der Waals surface area contributed by atoms with Crippen LogP contribution in [0.25, 0.3) is 0 Å². The molecule has 5 rings (SSSR count). The fourth-order valence-corrected chi connectivity index (χ4v) is 5.03. The summed E-state index contributed by atoms with van der Waals surface area (Å²) in [4.78, 5) is 54.9. The number of allylic oxidation sites excluding steroid dienone is 2. The molecule has 55 heavy (non-hydrogen) atoms. The van der Waals surface area contributed by atoms with Gasteiger partial charge in [-0.15, -0.1) is 0 Å². The Kier molecular flexibility index (Phi) is 12.8. The first-order chi connectivity index (χ1) is 26.3. The Morgan fingerprint density at radius 1 is 0.800 bits per heavy atom. The number of nitrogens with zero attached hydrogens (tertiary/aromatic N) is 1. The minimum Gasteiger partial charge on any atom is -0.497 e. The summed E-state index contributed by atoms with van der Waals surface area (Å²) in [6.07, 6.45) is 4.53. The molecule has 12 nitrogen and oxygen atoms in total. The first kappa shape index (κ1) is 39.5. The number of ketones is 1. The lowest BCUT2D eigenvalue weighted by atomic mass is 10.0. The number of benzene rings is 4. The van der Waals surface area contributed by atoms with E-state index in [1.54, 1.807) is 32.9 Å². The van der Waals surface area contributed by atoms with E-state index in [-0.39, 0.29) is 58.6 Å². The van der Waals surface area contributed by atoms with Crippen LogP contribution in [0, 0.1) is 5.82 Å². The van der Waals surface area contributed by atoms with Crippen LogP contribution in [0.4, 0.5) is 9.18 Å². The Balaban J connectivity index is 1.40. The summed E-state index contributed by atoms with van der Waals surface area (Å²) in [7, 11) is 2.93. The van der Waals surface area contributed by atoms with E-state index in [0.717, 1.165) is 22.6 Å². The molecular weight excluding hydrogens is 711 g/mol. The van der Waals surface area contributed by atoms with Crippen molar-refractivity contribution in [3.05, 3.63) is 161 Å². The minimum absolute atomic E-state index is 0.0589. The van der Waals surface area contributed by atoms with E-state index >= 15 is 0 Å². The molecule has 0 radical (unpaired) electrons. The van der Waals surface area contributed by atoms with Crippen LogP contribution in [0.1, 0.15) is 63.0 Å². The number of rotatable bonds is 13. The zero-order chi connectivity index (χ0) is 39.5. The molecule has 0 saturated heterocycles. The highest BCUT2D eigenvalue weighted by molar-refractivity contribution is 6.11. The van der Waals surface area contributed by atoms with Gasteiger partial charge in [-0.25, -0.2) is 14.0 Å². The second kappa shape index (κ2) is 17.9. The van der Waals surface area contributed by atoms with E-state index in [4.69, 9.17) is 28.4 Å². The lowest BCUT2D eigenvalue weighted by Gasteiger charge is -2.23. The summed E-state index contributed by atoms with van der Waals surface area (Å²) in [6, 6.07) is 23.2. The van der Waals surface area contributed by atoms with Crippen molar-refractivity contribution in [3.63, 3.8) is 0 Å². The molecule has 0 spiro atoms. The molecular formula is C42H39FN2O10. The second-order valence-electron chi connectivity index (χ2n) is 12.9. The molecule has 0 unspecified atom stereocenters. The SMILES string of the molecule is COCOc1ccc(OC)cc1C(=O)c1ccc(C(=O)OC2=CC=CN(C(=O)OC(C)(C)C)C=C2NC(=O)c2cc(F)ccc2OCc2ccccc2)cc1. The number of carbonyl (C=O) groups excluding carboxylic acids is 4. The van der Waals surface area contributed by atoms with Gasteiger partial charge >= 0.3 is 12.1 Å². The van der Waals surface area contributed by atoms with Gasteiger partial charge in [-0.3, -0.25) is 14.5 Å². The van der Waals surface area contributed by atoms with Crippen molar-refractivity contribution in [2.75, 3.05) is 21.0 Å². The summed E-state index contributed by atoms with van der Waals surface area (Å²) >= 11 is 0. The Morgan fingerprint density at radius 3 is 2.18 bits per heavy atom. The van der Waals surface area contributed by atoms with E-state index in [2.05, 4.69) is 5.32 Å². The van der Waals surface area contributed by atoms with Crippen molar-refractivity contribution in [2.45, 2.75) is 33.0 Å². The smallest absolute Gasteiger partial charge is 0.418 e. The molecule has 2 amide bonds. The monoisotopic (exact) mass is 750 g/mol. The van der Waals surface area contributed by atoms with Gasteiger partial charge in [0.2, 0.25) is 0 Å². The summed E-state index contributed by atoms with van der Waals surface area (Å²) < 4.78 is 47.4. The fraction of sp³-hybridized carbons (Fsp3) is 0.190. The third-order valence-corrected chi connectivity index (χ3v) is 7.65. The van der Waals surface area contributed by atoms with Gasteiger partial charge < -0.3 is 33.7 Å². The Bertz CT molecular complexity index is 2140. The average molecular weight is 751 g/mol. The van der Waals surface area contributed by atoms with Crippen molar-refractivity contribution in [1.82, 2.24) is 10.2 Å². The van der Waals surface area contributed by atoms with Gasteiger partial charge in [-0.2, -0.15) is 0 Å². The summed E-state index contributed by atoms with van der Waals surface area (Å²) in [5, 5.41) is 2.63. The number of hydrogen-bond acceptors (Lipinski definition) is 10. The molecule has 284 valence electrons. The predicted octanol–water partition coefficient (Wildman–Crippen LogP) is 7.70. The maximum Gasteiger partial charge on any atom is 0.418 e. The molecule has 1 aliphatic rings. The molecule has 0 saturated carbocycles. The van der Waals surface area contributed by atoms with Gasteiger partial charge in [0, 0.05) is 25.1 Å². The summed E-state index contributed by atoms with van der Waals surface area (Å²) in [6.45, 7) is 5.08. The van der Waals surface area contributed by atoms with Crippen LogP contribution < -0.4 is 19.5 Å². The molecule has 0 bridgehead atoms. The van der Waals surface area contributed by atoms with E-state index in [1.807, 2.05) is 30.3 Å². The van der Waals surface area contributed by atoms with Gasteiger partial charge in [0.05, 0.1) is 23.8 Å². The quantitative estimate of drug-likeness (QED) is 0.0822. The minimum atomic E-state index is -0.859. The summed E-state index contributed by atoms with van der Waals surface area (Å²) in [5.74, 6) is -2.14. The number of halogens is 1. The zero-order valence-corrected chi connectivity index (χ0v) is 30.8. The van der Waals surface area contributed by atoms with E-state index in [9.17, 15) is 23.6 Å². The first-order valence-electron chi connectivity index (χ1n) is 16.9. The topological polar surface area (TPSA) is 139 Å². The van der Waals surface area contributed by atoms with Gasteiger partial charge in [-0.05, 0) is 87.0 Å². The van der Waals surface area contributed by atoms with Gasteiger partial charge in [0.15, 0.2) is 18.3 Å². The van der Waals surface area contributed by atoms with Crippen LogP contribution in [0.2, 0.25) is 0 Å². The maximum atomic E-state index is 14.5. The number of hydrogen-bond donors (Lipinski definition) is 1. The van der Waals surface area contributed by atoms with Gasteiger partial charge in [0.1, 0.15) is 41.0 Å². The summed E-state index contributed by atoms with van der Waals surface area (Å²) in [5.41, 5.74) is 0.182. The number of methoxy groups -OCH3 is 2. The van der Waals surface area contributed by atoms with Crippen LogP contribution in [-0.2, 0) is 20.8 Å². The van der Waals surface area contributed by atoms with Crippen LogP contribution in [0.5, 0.6) is 17.2 Å². The molecule has 4 aromatic carbocycles. The Morgan fingerprint density at radius 2 is 1.49 bits per heavy atom. The predicted molar refractivity (Wildman–Crippen MR) is 199 cm³/mol. The van der Waals surface area contributed by atoms with Gasteiger partial charge in [0.25, 0.3) is 5.91 Å². The van der Waals surface area contributed by atoms with E-state index < -0.39 is 35.2 Å². The zero-order valence-electron chi connectivity index (χ0n) is 30.8. The van der Waals surface area contributed by atoms with Crippen molar-refractivity contribution in [3.8, 4) is 17.2 Å². The van der Waals surface area contributed by atoms with E-state index in [1.165, 1.54) is 75.2 Å². The fourth-order valence-electron chi connectivity index (χ4n) is 5.03. The molecule has 0 aliphatic carbocycles. The molecule has 4 aromatic rings. The third kappa shape index (κ3) is 10.7. The highest BCUT2D eigenvalue weighted by Crippen LogP contribution is 2.28. The van der Waals surface area contributed by atoms with Crippen molar-refractivity contribution in [2.24, 2.45) is 0 Å². The third-order valence-electron chi connectivity index (χ3n) is 7.65. The number of amides is 2. The number of nitrogens with one attached hydrogen (secondary N) is 1. The lowest BCUT2D eigenvalue weighted by Crippen LogP contribution is -2.32.